The maximum Gasteiger partial charge on any atom is 0.0158 e. The van der Waals surface area contributed by atoms with Crippen LogP contribution in [0.4, 0.5) is 0 Å². The molecule has 10 rings (SSSR count). The summed E-state index contributed by atoms with van der Waals surface area (Å²) in [5, 5.41) is 5.14. The molecule has 2 aliphatic carbocycles. The zero-order valence-corrected chi connectivity index (χ0v) is 29.0. The van der Waals surface area contributed by atoms with E-state index in [1.54, 1.807) is 0 Å². The zero-order chi connectivity index (χ0) is 33.8. The van der Waals surface area contributed by atoms with Gasteiger partial charge in [-0.05, 0) is 118 Å². The summed E-state index contributed by atoms with van der Waals surface area (Å²) in [6.07, 6.45) is 0. The van der Waals surface area contributed by atoms with Crippen molar-refractivity contribution in [1.82, 2.24) is 0 Å². The summed E-state index contributed by atoms with van der Waals surface area (Å²) in [6, 6.07) is 59.3. The molecule has 0 unspecified atom stereocenters. The molecule has 0 fully saturated rings. The first-order valence-corrected chi connectivity index (χ1v) is 17.9. The maximum absolute atomic E-state index is 2.47. The van der Waals surface area contributed by atoms with Crippen LogP contribution in [0.3, 0.4) is 0 Å². The lowest BCUT2D eigenvalue weighted by molar-refractivity contribution is 0.660. The van der Waals surface area contributed by atoms with Crippen molar-refractivity contribution in [3.63, 3.8) is 0 Å². The van der Waals surface area contributed by atoms with Crippen molar-refractivity contribution in [3.05, 3.63) is 180 Å². The van der Waals surface area contributed by atoms with Crippen LogP contribution in [-0.4, -0.2) is 0 Å². The van der Waals surface area contributed by atoms with E-state index in [2.05, 4.69) is 185 Å². The quantitative estimate of drug-likeness (QED) is 0.169. The van der Waals surface area contributed by atoms with Crippen molar-refractivity contribution in [3.8, 4) is 55.6 Å². The van der Waals surface area contributed by atoms with Crippen LogP contribution in [0.2, 0.25) is 0 Å². The molecule has 8 aromatic rings. The molecule has 0 amide bonds. The minimum atomic E-state index is -0.0281. The highest BCUT2D eigenvalue weighted by Gasteiger charge is 2.36. The molecule has 0 nitrogen and oxygen atoms in total. The molecule has 2 aliphatic rings. The van der Waals surface area contributed by atoms with Gasteiger partial charge in [-0.3, -0.25) is 0 Å². The van der Waals surface area contributed by atoms with Crippen molar-refractivity contribution in [1.29, 1.82) is 0 Å². The normalized spacial score (nSPS) is 14.7. The highest BCUT2D eigenvalue weighted by Crippen LogP contribution is 2.53. The Morgan fingerprint density at radius 3 is 1.26 bits per heavy atom. The lowest BCUT2D eigenvalue weighted by Crippen LogP contribution is -2.14. The molecular weight excluding hydrogens is 601 g/mol. The molecule has 0 aliphatic heterocycles. The molecule has 0 heterocycles. The van der Waals surface area contributed by atoms with Gasteiger partial charge in [0.25, 0.3) is 0 Å². The van der Waals surface area contributed by atoms with Gasteiger partial charge in [-0.15, -0.1) is 0 Å². The van der Waals surface area contributed by atoms with Crippen LogP contribution in [0.1, 0.15) is 49.9 Å². The van der Waals surface area contributed by atoms with Gasteiger partial charge >= 0.3 is 0 Å². The molecule has 0 saturated carbocycles. The zero-order valence-electron chi connectivity index (χ0n) is 29.0. The van der Waals surface area contributed by atoms with Crippen LogP contribution in [0, 0.1) is 0 Å². The second kappa shape index (κ2) is 10.4. The van der Waals surface area contributed by atoms with Crippen molar-refractivity contribution in [2.45, 2.75) is 38.5 Å². The van der Waals surface area contributed by atoms with E-state index in [-0.39, 0.29) is 10.8 Å². The van der Waals surface area contributed by atoms with Crippen molar-refractivity contribution in [2.75, 3.05) is 0 Å². The molecule has 0 radical (unpaired) electrons. The number of benzene rings is 8. The van der Waals surface area contributed by atoms with E-state index in [9.17, 15) is 0 Å². The van der Waals surface area contributed by atoms with Crippen LogP contribution in [-0.2, 0) is 10.8 Å². The van der Waals surface area contributed by atoms with E-state index < -0.39 is 0 Å². The van der Waals surface area contributed by atoms with E-state index in [0.717, 1.165) is 0 Å². The summed E-state index contributed by atoms with van der Waals surface area (Å²) in [4.78, 5) is 0. The molecule has 0 spiro atoms. The van der Waals surface area contributed by atoms with Crippen molar-refractivity contribution < 1.29 is 0 Å². The van der Waals surface area contributed by atoms with E-state index in [0.29, 0.717) is 0 Å². The Kier molecular flexibility index (Phi) is 6.07. The Labute approximate surface area is 294 Å². The summed E-state index contributed by atoms with van der Waals surface area (Å²) in [6.45, 7) is 9.44. The molecule has 238 valence electrons. The average molecular weight is 639 g/mol. The molecule has 0 bridgehead atoms. The molecule has 0 atom stereocenters. The molecule has 50 heavy (non-hydrogen) atoms. The third kappa shape index (κ3) is 4.00. The highest BCUT2D eigenvalue weighted by molar-refractivity contribution is 6.22. The molecular formula is C50H38. The first kappa shape index (κ1) is 29.2. The largest absolute Gasteiger partial charge is 0.0622 e. The minimum Gasteiger partial charge on any atom is -0.0622 e. The minimum absolute atomic E-state index is 0.0240. The molecule has 0 saturated heterocycles. The monoisotopic (exact) mass is 638 g/mol. The van der Waals surface area contributed by atoms with Gasteiger partial charge in [0, 0.05) is 10.8 Å². The van der Waals surface area contributed by atoms with E-state index >= 15 is 0 Å². The van der Waals surface area contributed by atoms with Crippen LogP contribution < -0.4 is 0 Å². The van der Waals surface area contributed by atoms with Gasteiger partial charge in [-0.1, -0.05) is 167 Å². The lowest BCUT2D eigenvalue weighted by Gasteiger charge is -2.23. The van der Waals surface area contributed by atoms with Gasteiger partial charge < -0.3 is 0 Å². The fraction of sp³-hybridized carbons (Fsp3) is 0.120. The number of hydrogen-bond donors (Lipinski definition) is 0. The molecule has 8 aromatic carbocycles. The van der Waals surface area contributed by atoms with Gasteiger partial charge in [0.15, 0.2) is 0 Å². The number of fused-ring (bicyclic) bond motifs is 8. The second-order valence-electron chi connectivity index (χ2n) is 15.3. The third-order valence-electron chi connectivity index (χ3n) is 11.9. The smallest absolute Gasteiger partial charge is 0.0158 e. The highest BCUT2D eigenvalue weighted by atomic mass is 14.4. The van der Waals surface area contributed by atoms with E-state index in [1.165, 1.54) is 99.4 Å². The number of rotatable bonds is 3. The Morgan fingerprint density at radius 2 is 0.700 bits per heavy atom. The van der Waals surface area contributed by atoms with Gasteiger partial charge in [-0.25, -0.2) is 0 Å². The second-order valence-corrected chi connectivity index (χ2v) is 15.3. The Morgan fingerprint density at radius 1 is 0.280 bits per heavy atom. The first-order chi connectivity index (χ1) is 24.3. The summed E-state index contributed by atoms with van der Waals surface area (Å²) >= 11 is 0. The predicted octanol–water partition coefficient (Wildman–Crippen LogP) is 13.6. The molecule has 0 heteroatoms. The Bertz CT molecular complexity index is 2690. The average Bonchev–Trinajstić information content (AvgIpc) is 3.53. The Balaban J connectivity index is 1.29. The van der Waals surface area contributed by atoms with Crippen LogP contribution >= 0.6 is 0 Å². The standard InChI is InChI=1S/C50H38/c1-49(2)43-20-12-10-16-35(43)40-29-33(23-26-45(40)49)47-37-18-8-9-19-38(37)48(42-28-32(22-25-39(42)47)31-14-6-5-7-15-31)34-24-27-46-41(30-34)36-17-11-13-21-44(36)50(46,3)4/h5-30H,1-4H3. The van der Waals surface area contributed by atoms with Gasteiger partial charge in [0.1, 0.15) is 0 Å². The number of hydrogen-bond acceptors (Lipinski definition) is 0. The van der Waals surface area contributed by atoms with E-state index in [1.807, 2.05) is 0 Å². The summed E-state index contributed by atoms with van der Waals surface area (Å²) in [5.41, 5.74) is 18.6. The molecule has 0 aromatic heterocycles. The van der Waals surface area contributed by atoms with Crippen LogP contribution in [0.15, 0.2) is 158 Å². The summed E-state index contributed by atoms with van der Waals surface area (Å²) < 4.78 is 0. The van der Waals surface area contributed by atoms with Crippen LogP contribution in [0.25, 0.3) is 77.2 Å². The predicted molar refractivity (Wildman–Crippen MR) is 213 cm³/mol. The van der Waals surface area contributed by atoms with Gasteiger partial charge in [-0.2, -0.15) is 0 Å². The Hall–Kier alpha value is -5.72. The summed E-state index contributed by atoms with van der Waals surface area (Å²) in [5.74, 6) is 0. The maximum atomic E-state index is 2.47. The SMILES string of the molecule is CC1(C)c2ccccc2-c2cc(-c3c4ccccc4c(-c4ccc5c(c4)-c4ccccc4C5(C)C)c4cc(-c5ccccc5)ccc34)ccc21. The van der Waals surface area contributed by atoms with E-state index in [4.69, 9.17) is 0 Å². The van der Waals surface area contributed by atoms with Gasteiger partial charge in [0.05, 0.1) is 0 Å². The van der Waals surface area contributed by atoms with Crippen molar-refractivity contribution >= 4 is 21.5 Å². The topological polar surface area (TPSA) is 0 Å². The summed E-state index contributed by atoms with van der Waals surface area (Å²) in [7, 11) is 0. The van der Waals surface area contributed by atoms with Crippen molar-refractivity contribution in [2.24, 2.45) is 0 Å². The van der Waals surface area contributed by atoms with Gasteiger partial charge in [0.2, 0.25) is 0 Å². The fourth-order valence-electron chi connectivity index (χ4n) is 9.36. The lowest BCUT2D eigenvalue weighted by atomic mass is 9.80. The molecule has 0 N–H and O–H groups in total. The fourth-order valence-corrected chi connectivity index (χ4v) is 9.36. The third-order valence-corrected chi connectivity index (χ3v) is 11.9. The van der Waals surface area contributed by atoms with Crippen LogP contribution in [0.5, 0.6) is 0 Å². The first-order valence-electron chi connectivity index (χ1n) is 17.9.